The van der Waals surface area contributed by atoms with Gasteiger partial charge in [-0.2, -0.15) is 0 Å². The lowest BCUT2D eigenvalue weighted by atomic mass is 9.94. The Morgan fingerprint density at radius 3 is 2.58 bits per heavy atom. The Hall–Kier alpha value is -1.88. The molecule has 102 valence electrons. The van der Waals surface area contributed by atoms with E-state index in [0.717, 1.165) is 0 Å². The van der Waals surface area contributed by atoms with Gasteiger partial charge in [0.1, 0.15) is 5.54 Å². The molecule has 1 atom stereocenters. The van der Waals surface area contributed by atoms with Gasteiger partial charge in [-0.1, -0.05) is 24.3 Å². The van der Waals surface area contributed by atoms with Gasteiger partial charge in [0.05, 0.1) is 6.04 Å². The van der Waals surface area contributed by atoms with Crippen LogP contribution in [0, 0.1) is 0 Å². The summed E-state index contributed by atoms with van der Waals surface area (Å²) in [6.45, 7) is 3.86. The summed E-state index contributed by atoms with van der Waals surface area (Å²) >= 11 is 0. The van der Waals surface area contributed by atoms with Crippen LogP contribution in [-0.4, -0.2) is 23.4 Å². The van der Waals surface area contributed by atoms with E-state index in [1.165, 1.54) is 11.1 Å². The molecule has 1 aromatic carbocycles. The fourth-order valence-electron chi connectivity index (χ4n) is 2.10. The zero-order valence-electron chi connectivity index (χ0n) is 11.2. The van der Waals surface area contributed by atoms with Gasteiger partial charge in [0.25, 0.3) is 0 Å². The Morgan fingerprint density at radius 2 is 1.95 bits per heavy atom. The second-order valence-electron chi connectivity index (χ2n) is 5.38. The normalized spacial score (nSPS) is 18.5. The van der Waals surface area contributed by atoms with Crippen molar-refractivity contribution >= 4 is 11.8 Å². The first-order chi connectivity index (χ1) is 8.90. The lowest BCUT2D eigenvalue weighted by molar-refractivity contribution is -0.131. The van der Waals surface area contributed by atoms with E-state index in [1.54, 1.807) is 13.8 Å². The molecule has 0 saturated heterocycles. The second kappa shape index (κ2) is 5.01. The van der Waals surface area contributed by atoms with Crippen LogP contribution in [0.3, 0.4) is 0 Å². The molecule has 0 saturated carbocycles. The Balaban J connectivity index is 2.05. The number of fused-ring (bicyclic) bond motifs is 1. The minimum Gasteiger partial charge on any atom is -0.368 e. The Labute approximate surface area is 112 Å². The predicted molar refractivity (Wildman–Crippen MR) is 72.2 cm³/mol. The average Bonchev–Trinajstić information content (AvgIpc) is 2.37. The van der Waals surface area contributed by atoms with E-state index in [-0.39, 0.29) is 11.9 Å². The van der Waals surface area contributed by atoms with Crippen LogP contribution >= 0.6 is 0 Å². The highest BCUT2D eigenvalue weighted by Crippen LogP contribution is 2.16. The van der Waals surface area contributed by atoms with E-state index in [2.05, 4.69) is 10.6 Å². The molecule has 5 heteroatoms. The number of rotatable bonds is 3. The number of amides is 2. The van der Waals surface area contributed by atoms with Gasteiger partial charge in [0.2, 0.25) is 11.8 Å². The Morgan fingerprint density at radius 1 is 1.32 bits per heavy atom. The number of carbonyl (C=O) groups excluding carboxylic acids is 2. The summed E-state index contributed by atoms with van der Waals surface area (Å²) in [5.41, 5.74) is 6.59. The molecule has 19 heavy (non-hydrogen) atoms. The number of benzene rings is 1. The molecule has 4 N–H and O–H groups in total. The highest BCUT2D eigenvalue weighted by molar-refractivity contribution is 5.91. The number of hydrogen-bond donors (Lipinski definition) is 3. The molecule has 1 aliphatic rings. The molecule has 1 heterocycles. The van der Waals surface area contributed by atoms with Crippen molar-refractivity contribution in [3.05, 3.63) is 35.4 Å². The maximum atomic E-state index is 12.1. The van der Waals surface area contributed by atoms with E-state index < -0.39 is 11.4 Å². The Kier molecular flexibility index (Phi) is 3.57. The summed E-state index contributed by atoms with van der Waals surface area (Å²) in [4.78, 5) is 23.4. The third-order valence-electron chi connectivity index (χ3n) is 3.45. The van der Waals surface area contributed by atoms with Gasteiger partial charge in [-0.25, -0.2) is 0 Å². The smallest absolute Gasteiger partial charge is 0.242 e. The maximum absolute atomic E-state index is 12.1. The van der Waals surface area contributed by atoms with Crippen LogP contribution in [0.1, 0.15) is 25.0 Å². The predicted octanol–water partition coefficient (Wildman–Crippen LogP) is 0.0810. The van der Waals surface area contributed by atoms with Crippen molar-refractivity contribution in [2.24, 2.45) is 5.73 Å². The molecule has 5 nitrogen and oxygen atoms in total. The second-order valence-corrected chi connectivity index (χ2v) is 5.38. The lowest BCUT2D eigenvalue weighted by Gasteiger charge is -2.29. The van der Waals surface area contributed by atoms with E-state index in [0.29, 0.717) is 13.0 Å². The van der Waals surface area contributed by atoms with Crippen molar-refractivity contribution in [1.82, 2.24) is 10.6 Å². The zero-order chi connectivity index (χ0) is 14.0. The SMILES string of the molecule is CC(C)(NC(=O)[C@@H]1Cc2ccccc2CN1)C(N)=O. The standard InChI is InChI=1S/C14H19N3O2/c1-14(2,13(15)19)17-12(18)11-7-9-5-3-4-6-10(9)8-16-11/h3-6,11,16H,7-8H2,1-2H3,(H2,15,19)(H,17,18)/t11-/m0/s1. The number of primary amides is 1. The fourth-order valence-corrected chi connectivity index (χ4v) is 2.10. The van der Waals surface area contributed by atoms with Crippen LogP contribution in [0.5, 0.6) is 0 Å². The number of hydrogen-bond acceptors (Lipinski definition) is 3. The van der Waals surface area contributed by atoms with Crippen LogP contribution in [0.2, 0.25) is 0 Å². The zero-order valence-corrected chi connectivity index (χ0v) is 11.2. The van der Waals surface area contributed by atoms with Crippen LogP contribution in [0.25, 0.3) is 0 Å². The summed E-state index contributed by atoms with van der Waals surface area (Å²) in [5.74, 6) is -0.740. The molecule has 1 aliphatic heterocycles. The molecular formula is C14H19N3O2. The molecule has 0 radical (unpaired) electrons. The fraction of sp³-hybridized carbons (Fsp3) is 0.429. The van der Waals surface area contributed by atoms with Gasteiger partial charge in [0, 0.05) is 6.54 Å². The molecule has 2 rings (SSSR count). The summed E-state index contributed by atoms with van der Waals surface area (Å²) < 4.78 is 0. The van der Waals surface area contributed by atoms with E-state index in [9.17, 15) is 9.59 Å². The van der Waals surface area contributed by atoms with E-state index >= 15 is 0 Å². The molecule has 0 fully saturated rings. The summed E-state index contributed by atoms with van der Waals surface area (Å²) in [7, 11) is 0. The van der Waals surface area contributed by atoms with E-state index in [4.69, 9.17) is 5.73 Å². The molecule has 0 aromatic heterocycles. The van der Waals surface area contributed by atoms with Crippen LogP contribution < -0.4 is 16.4 Å². The van der Waals surface area contributed by atoms with Crippen molar-refractivity contribution in [2.75, 3.05) is 0 Å². The molecular weight excluding hydrogens is 242 g/mol. The maximum Gasteiger partial charge on any atom is 0.242 e. The topological polar surface area (TPSA) is 84.2 Å². The van der Waals surface area contributed by atoms with E-state index in [1.807, 2.05) is 24.3 Å². The minimum atomic E-state index is -1.03. The van der Waals surface area contributed by atoms with Crippen molar-refractivity contribution < 1.29 is 9.59 Å². The van der Waals surface area contributed by atoms with Gasteiger partial charge in [-0.05, 0) is 31.4 Å². The van der Waals surface area contributed by atoms with Crippen molar-refractivity contribution in [2.45, 2.75) is 38.4 Å². The van der Waals surface area contributed by atoms with Crippen LogP contribution in [-0.2, 0) is 22.6 Å². The molecule has 1 aromatic rings. The molecule has 0 bridgehead atoms. The molecule has 0 unspecified atom stereocenters. The van der Waals surface area contributed by atoms with Crippen molar-refractivity contribution in [3.8, 4) is 0 Å². The quantitative estimate of drug-likeness (QED) is 0.720. The van der Waals surface area contributed by atoms with Crippen LogP contribution in [0.4, 0.5) is 0 Å². The third-order valence-corrected chi connectivity index (χ3v) is 3.45. The summed E-state index contributed by atoms with van der Waals surface area (Å²) in [6.07, 6.45) is 0.622. The number of nitrogens with two attached hydrogens (primary N) is 1. The first-order valence-electron chi connectivity index (χ1n) is 6.32. The molecule has 0 aliphatic carbocycles. The van der Waals surface area contributed by atoms with Gasteiger partial charge >= 0.3 is 0 Å². The van der Waals surface area contributed by atoms with Gasteiger partial charge in [0.15, 0.2) is 0 Å². The summed E-state index contributed by atoms with van der Waals surface area (Å²) in [5, 5.41) is 5.85. The van der Waals surface area contributed by atoms with Crippen molar-refractivity contribution in [1.29, 1.82) is 0 Å². The molecule has 0 spiro atoms. The van der Waals surface area contributed by atoms with Crippen LogP contribution in [0.15, 0.2) is 24.3 Å². The van der Waals surface area contributed by atoms with Gasteiger partial charge in [-0.15, -0.1) is 0 Å². The first-order valence-corrected chi connectivity index (χ1v) is 6.32. The molecule has 2 amide bonds. The monoisotopic (exact) mass is 261 g/mol. The average molecular weight is 261 g/mol. The summed E-state index contributed by atoms with van der Waals surface area (Å²) in [6, 6.07) is 7.69. The Bertz CT molecular complexity index is 511. The van der Waals surface area contributed by atoms with Crippen molar-refractivity contribution in [3.63, 3.8) is 0 Å². The minimum absolute atomic E-state index is 0.196. The lowest BCUT2D eigenvalue weighted by Crippen LogP contribution is -2.58. The number of nitrogens with one attached hydrogen (secondary N) is 2. The highest BCUT2D eigenvalue weighted by atomic mass is 16.2. The van der Waals surface area contributed by atoms with Gasteiger partial charge < -0.3 is 16.4 Å². The highest BCUT2D eigenvalue weighted by Gasteiger charge is 2.31. The third kappa shape index (κ3) is 2.93. The van der Waals surface area contributed by atoms with Gasteiger partial charge in [-0.3, -0.25) is 9.59 Å². The number of carbonyl (C=O) groups is 2. The first kappa shape index (κ1) is 13.5. The largest absolute Gasteiger partial charge is 0.368 e.